The summed E-state index contributed by atoms with van der Waals surface area (Å²) in [5.41, 5.74) is 2.93. The lowest BCUT2D eigenvalue weighted by atomic mass is 10.1. The van der Waals surface area contributed by atoms with Gasteiger partial charge in [-0.1, -0.05) is 24.3 Å². The van der Waals surface area contributed by atoms with Gasteiger partial charge in [0, 0.05) is 37.6 Å². The molecule has 2 aromatic carbocycles. The van der Waals surface area contributed by atoms with E-state index < -0.39 is 0 Å². The molecule has 0 saturated carbocycles. The Hall–Kier alpha value is -3.81. The maximum atomic E-state index is 12.3. The van der Waals surface area contributed by atoms with Crippen molar-refractivity contribution >= 4 is 11.9 Å². The number of rotatable bonds is 10. The molecule has 0 radical (unpaired) electrons. The van der Waals surface area contributed by atoms with Crippen LogP contribution in [0.5, 0.6) is 5.75 Å². The molecule has 0 unspecified atom stereocenters. The topological polar surface area (TPSA) is 92.6 Å². The molecule has 8 nitrogen and oxygen atoms in total. The van der Waals surface area contributed by atoms with Crippen molar-refractivity contribution < 1.29 is 9.53 Å². The number of nitrogens with one attached hydrogen (secondary N) is 3. The minimum Gasteiger partial charge on any atom is -0.497 e. The summed E-state index contributed by atoms with van der Waals surface area (Å²) in [6, 6.07) is 17.2. The van der Waals surface area contributed by atoms with Crippen molar-refractivity contribution in [3.05, 3.63) is 83.7 Å². The Kier molecular flexibility index (Phi) is 8.68. The molecule has 0 atom stereocenters. The molecule has 0 bridgehead atoms. The van der Waals surface area contributed by atoms with Crippen molar-refractivity contribution in [2.75, 3.05) is 26.7 Å². The largest absolute Gasteiger partial charge is 0.497 e. The number of hydrogen-bond acceptors (Lipinski definition) is 4. The number of carbonyl (C=O) groups is 1. The van der Waals surface area contributed by atoms with Gasteiger partial charge in [0.2, 0.25) is 0 Å². The predicted octanol–water partition coefficient (Wildman–Crippen LogP) is 2.43. The van der Waals surface area contributed by atoms with Gasteiger partial charge in [-0.3, -0.25) is 9.48 Å². The van der Waals surface area contributed by atoms with Crippen molar-refractivity contribution in [2.45, 2.75) is 20.0 Å². The summed E-state index contributed by atoms with van der Waals surface area (Å²) >= 11 is 0. The molecular formula is C24H30N6O2. The highest BCUT2D eigenvalue weighted by atomic mass is 16.5. The quantitative estimate of drug-likeness (QED) is 0.259. The van der Waals surface area contributed by atoms with E-state index in [9.17, 15) is 4.79 Å². The van der Waals surface area contributed by atoms with Gasteiger partial charge in [0.25, 0.3) is 5.91 Å². The number of nitrogens with zero attached hydrogens (tertiary/aromatic N) is 3. The number of methoxy groups -OCH3 is 1. The summed E-state index contributed by atoms with van der Waals surface area (Å²) in [6.45, 7) is 5.06. The Labute approximate surface area is 188 Å². The van der Waals surface area contributed by atoms with E-state index in [1.54, 1.807) is 37.6 Å². The molecule has 168 valence electrons. The fourth-order valence-corrected chi connectivity index (χ4v) is 3.14. The van der Waals surface area contributed by atoms with E-state index in [0.717, 1.165) is 17.9 Å². The van der Waals surface area contributed by atoms with Gasteiger partial charge in [-0.25, -0.2) is 4.99 Å². The van der Waals surface area contributed by atoms with Gasteiger partial charge in [0.15, 0.2) is 5.96 Å². The number of benzene rings is 2. The summed E-state index contributed by atoms with van der Waals surface area (Å²) in [4.78, 5) is 17.0. The molecule has 3 aromatic rings. The first-order valence-corrected chi connectivity index (χ1v) is 10.7. The van der Waals surface area contributed by atoms with E-state index in [0.29, 0.717) is 37.7 Å². The molecule has 0 saturated heterocycles. The lowest BCUT2D eigenvalue weighted by Gasteiger charge is -2.13. The zero-order chi connectivity index (χ0) is 22.6. The second-order valence-corrected chi connectivity index (χ2v) is 7.08. The molecule has 3 N–H and O–H groups in total. The van der Waals surface area contributed by atoms with E-state index in [2.05, 4.69) is 33.2 Å². The zero-order valence-electron chi connectivity index (χ0n) is 18.5. The lowest BCUT2D eigenvalue weighted by molar-refractivity contribution is 0.0954. The van der Waals surface area contributed by atoms with Crippen LogP contribution in [0, 0.1) is 0 Å². The highest BCUT2D eigenvalue weighted by molar-refractivity contribution is 5.94. The van der Waals surface area contributed by atoms with Crippen LogP contribution in [0.15, 0.2) is 72.0 Å². The lowest BCUT2D eigenvalue weighted by Crippen LogP contribution is -2.41. The zero-order valence-corrected chi connectivity index (χ0v) is 18.5. The third-order valence-corrected chi connectivity index (χ3v) is 4.82. The summed E-state index contributed by atoms with van der Waals surface area (Å²) < 4.78 is 7.02. The van der Waals surface area contributed by atoms with Gasteiger partial charge in [0.1, 0.15) is 5.75 Å². The van der Waals surface area contributed by atoms with Crippen LogP contribution in [0.2, 0.25) is 0 Å². The Morgan fingerprint density at radius 2 is 1.75 bits per heavy atom. The maximum Gasteiger partial charge on any atom is 0.251 e. The van der Waals surface area contributed by atoms with Crippen molar-refractivity contribution in [1.82, 2.24) is 25.7 Å². The van der Waals surface area contributed by atoms with Gasteiger partial charge in [0.05, 0.1) is 20.2 Å². The Morgan fingerprint density at radius 3 is 2.44 bits per heavy atom. The second-order valence-electron chi connectivity index (χ2n) is 7.08. The molecule has 3 rings (SSSR count). The summed E-state index contributed by atoms with van der Waals surface area (Å²) in [5.74, 6) is 1.31. The average Bonchev–Trinajstić information content (AvgIpc) is 3.34. The molecule has 0 aliphatic rings. The van der Waals surface area contributed by atoms with Crippen molar-refractivity contribution in [1.29, 1.82) is 0 Å². The van der Waals surface area contributed by atoms with Crippen molar-refractivity contribution in [3.8, 4) is 5.75 Å². The normalized spacial score (nSPS) is 11.1. The summed E-state index contributed by atoms with van der Waals surface area (Å²) in [6.07, 6.45) is 3.73. The van der Waals surface area contributed by atoms with E-state index in [1.165, 1.54) is 5.56 Å². The fourth-order valence-electron chi connectivity index (χ4n) is 3.14. The predicted molar refractivity (Wildman–Crippen MR) is 126 cm³/mol. The van der Waals surface area contributed by atoms with Gasteiger partial charge in [-0.15, -0.1) is 0 Å². The van der Waals surface area contributed by atoms with Crippen LogP contribution in [0.1, 0.15) is 28.4 Å². The summed E-state index contributed by atoms with van der Waals surface area (Å²) in [7, 11) is 1.60. The van der Waals surface area contributed by atoms with Crippen molar-refractivity contribution in [3.63, 3.8) is 0 Å². The molecule has 1 heterocycles. The van der Waals surface area contributed by atoms with Crippen LogP contribution < -0.4 is 20.7 Å². The third-order valence-electron chi connectivity index (χ3n) is 4.82. The number of aliphatic imine (C=N–C) groups is 1. The smallest absolute Gasteiger partial charge is 0.251 e. The first kappa shape index (κ1) is 22.9. The van der Waals surface area contributed by atoms with Crippen LogP contribution in [0.3, 0.4) is 0 Å². The molecule has 8 heteroatoms. The third kappa shape index (κ3) is 6.87. The molecule has 0 aliphatic carbocycles. The molecule has 0 aliphatic heterocycles. The van der Waals surface area contributed by atoms with Crippen LogP contribution >= 0.6 is 0 Å². The molecule has 1 aromatic heterocycles. The van der Waals surface area contributed by atoms with Gasteiger partial charge >= 0.3 is 0 Å². The fraction of sp³-hybridized carbons (Fsp3) is 0.292. The monoisotopic (exact) mass is 434 g/mol. The van der Waals surface area contributed by atoms with Crippen molar-refractivity contribution in [2.24, 2.45) is 4.99 Å². The number of hydrogen-bond donors (Lipinski definition) is 3. The van der Waals surface area contributed by atoms with Gasteiger partial charge in [-0.2, -0.15) is 5.10 Å². The Morgan fingerprint density at radius 1 is 1.00 bits per heavy atom. The van der Waals surface area contributed by atoms with Gasteiger partial charge in [-0.05, 0) is 48.4 Å². The minimum atomic E-state index is -0.121. The molecule has 0 fully saturated rings. The number of guanidine groups is 1. The van der Waals surface area contributed by atoms with E-state index >= 15 is 0 Å². The first-order valence-electron chi connectivity index (χ1n) is 10.7. The van der Waals surface area contributed by atoms with Crippen LogP contribution in [0.4, 0.5) is 0 Å². The average molecular weight is 435 g/mol. The van der Waals surface area contributed by atoms with E-state index in [1.807, 2.05) is 36.0 Å². The number of amides is 1. The van der Waals surface area contributed by atoms with E-state index in [4.69, 9.17) is 9.73 Å². The second kappa shape index (κ2) is 12.1. The highest BCUT2D eigenvalue weighted by Crippen LogP contribution is 2.12. The molecular weight excluding hydrogens is 404 g/mol. The molecule has 32 heavy (non-hydrogen) atoms. The van der Waals surface area contributed by atoms with Crippen LogP contribution in [-0.2, 0) is 13.1 Å². The molecule has 0 spiro atoms. The Bertz CT molecular complexity index is 1000. The van der Waals surface area contributed by atoms with Gasteiger partial charge < -0.3 is 20.7 Å². The number of ether oxygens (including phenoxy) is 1. The SMILES string of the molecule is CCNC(=NCc1ccccc1Cn1cccn1)NCCNC(=O)c1ccc(OC)cc1. The first-order chi connectivity index (χ1) is 15.7. The molecule has 1 amide bonds. The maximum absolute atomic E-state index is 12.3. The van der Waals surface area contributed by atoms with Crippen LogP contribution in [0.25, 0.3) is 0 Å². The standard InChI is InChI=1S/C24H30N6O2/c1-3-25-24(27-15-14-26-23(31)19-9-11-22(32-2)12-10-19)28-17-20-7-4-5-8-21(20)18-30-16-6-13-29-30/h4-13,16H,3,14-15,17-18H2,1-2H3,(H,26,31)(H2,25,27,28). The number of aromatic nitrogens is 2. The number of carbonyl (C=O) groups excluding carboxylic acids is 1. The van der Waals surface area contributed by atoms with Crippen LogP contribution in [-0.4, -0.2) is 48.4 Å². The Balaban J connectivity index is 1.51. The minimum absolute atomic E-state index is 0.121. The van der Waals surface area contributed by atoms with E-state index in [-0.39, 0.29) is 5.91 Å². The highest BCUT2D eigenvalue weighted by Gasteiger charge is 2.06. The summed E-state index contributed by atoms with van der Waals surface area (Å²) in [5, 5.41) is 13.7.